The minimum Gasteiger partial charge on any atom is -0.466 e. The minimum atomic E-state index is -0.857. The maximum Gasteiger partial charge on any atom is 0.305 e. The summed E-state index contributed by atoms with van der Waals surface area (Å²) in [5.74, 6) is -0.113. The molecule has 0 saturated carbocycles. The Morgan fingerprint density at radius 1 is 0.475 bits per heavy atom. The average Bonchev–Trinajstić information content (AvgIpc) is 3.24. The van der Waals surface area contributed by atoms with E-state index in [1.807, 2.05) is 6.08 Å². The number of carbonyl (C=O) groups excluding carboxylic acids is 2. The van der Waals surface area contributed by atoms with Crippen molar-refractivity contribution >= 4 is 11.9 Å². The number of amides is 1. The number of aliphatic hydroxyl groups excluding tert-OH is 2. The molecule has 0 aliphatic heterocycles. The van der Waals surface area contributed by atoms with E-state index in [2.05, 4.69) is 43.5 Å². The lowest BCUT2D eigenvalue weighted by molar-refractivity contribution is -0.143. The number of unbranched alkanes of at least 4 members (excludes halogenated alkanes) is 33. The van der Waals surface area contributed by atoms with E-state index in [9.17, 15) is 19.8 Å². The molecule has 0 radical (unpaired) electrons. The molecular weight excluding hydrogens is 731 g/mol. The molecule has 0 aliphatic carbocycles. The number of esters is 1. The van der Waals surface area contributed by atoms with Crippen LogP contribution in [0.5, 0.6) is 0 Å². The van der Waals surface area contributed by atoms with Crippen molar-refractivity contribution < 1.29 is 24.5 Å². The van der Waals surface area contributed by atoms with Crippen molar-refractivity contribution in [3.63, 3.8) is 0 Å². The van der Waals surface area contributed by atoms with Crippen molar-refractivity contribution in [3.8, 4) is 0 Å². The molecule has 3 N–H and O–H groups in total. The minimum absolute atomic E-state index is 0.0202. The summed E-state index contributed by atoms with van der Waals surface area (Å²) in [6, 6.07) is -0.643. The van der Waals surface area contributed by atoms with E-state index >= 15 is 0 Å². The summed E-state index contributed by atoms with van der Waals surface area (Å²) in [5, 5.41) is 22.9. The van der Waals surface area contributed by atoms with Crippen molar-refractivity contribution in [2.45, 2.75) is 276 Å². The molecule has 0 aliphatic rings. The van der Waals surface area contributed by atoms with E-state index in [0.717, 1.165) is 77.0 Å². The lowest BCUT2D eigenvalue weighted by atomic mass is 10.0. The normalized spacial score (nSPS) is 12.9. The van der Waals surface area contributed by atoms with E-state index in [4.69, 9.17) is 4.74 Å². The van der Waals surface area contributed by atoms with E-state index in [1.54, 1.807) is 6.08 Å². The number of carbonyl (C=O) groups is 2. The predicted molar refractivity (Wildman–Crippen MR) is 255 cm³/mol. The fraction of sp³-hybridized carbons (Fsp3) is 0.849. The van der Waals surface area contributed by atoms with Gasteiger partial charge in [0.15, 0.2) is 0 Å². The van der Waals surface area contributed by atoms with E-state index < -0.39 is 12.1 Å². The second kappa shape index (κ2) is 48.7. The van der Waals surface area contributed by atoms with Gasteiger partial charge in [-0.05, 0) is 64.2 Å². The molecule has 0 aromatic rings. The summed E-state index contributed by atoms with van der Waals surface area (Å²) >= 11 is 0. The van der Waals surface area contributed by atoms with E-state index in [0.29, 0.717) is 19.4 Å². The third-order valence-corrected chi connectivity index (χ3v) is 11.7. The van der Waals surface area contributed by atoms with E-state index in [-0.39, 0.29) is 18.5 Å². The summed E-state index contributed by atoms with van der Waals surface area (Å²) in [4.78, 5) is 24.4. The first kappa shape index (κ1) is 57.1. The lowest BCUT2D eigenvalue weighted by Crippen LogP contribution is -2.45. The number of hydrogen-bond acceptors (Lipinski definition) is 5. The van der Waals surface area contributed by atoms with Crippen LogP contribution in [0.3, 0.4) is 0 Å². The van der Waals surface area contributed by atoms with Crippen LogP contribution >= 0.6 is 0 Å². The molecule has 0 rings (SSSR count). The number of ether oxygens (including phenoxy) is 1. The van der Waals surface area contributed by atoms with Crippen LogP contribution in [0.4, 0.5) is 0 Å². The Kier molecular flexibility index (Phi) is 47.2. The van der Waals surface area contributed by atoms with Crippen LogP contribution in [-0.4, -0.2) is 47.4 Å². The topological polar surface area (TPSA) is 95.9 Å². The second-order valence-electron chi connectivity index (χ2n) is 17.5. The van der Waals surface area contributed by atoms with Gasteiger partial charge in [0, 0.05) is 12.8 Å². The summed E-state index contributed by atoms with van der Waals surface area (Å²) in [6.45, 7) is 4.83. The van der Waals surface area contributed by atoms with Gasteiger partial charge in [-0.3, -0.25) is 9.59 Å². The molecule has 0 aromatic heterocycles. The fourth-order valence-corrected chi connectivity index (χ4v) is 7.68. The van der Waals surface area contributed by atoms with Crippen LogP contribution < -0.4 is 5.32 Å². The molecule has 2 atom stereocenters. The van der Waals surface area contributed by atoms with Crippen molar-refractivity contribution in [2.24, 2.45) is 0 Å². The Bertz CT molecular complexity index is 962. The molecule has 2 unspecified atom stereocenters. The Labute approximate surface area is 366 Å². The van der Waals surface area contributed by atoms with Crippen molar-refractivity contribution in [3.05, 3.63) is 36.5 Å². The van der Waals surface area contributed by atoms with Crippen LogP contribution in [0.2, 0.25) is 0 Å². The van der Waals surface area contributed by atoms with Gasteiger partial charge in [-0.15, -0.1) is 0 Å². The molecule has 0 heterocycles. The molecule has 6 heteroatoms. The molecule has 6 nitrogen and oxygen atoms in total. The van der Waals surface area contributed by atoms with Gasteiger partial charge in [-0.1, -0.05) is 224 Å². The zero-order valence-corrected chi connectivity index (χ0v) is 39.2. The zero-order valence-electron chi connectivity index (χ0n) is 39.2. The van der Waals surface area contributed by atoms with Crippen LogP contribution in [0.25, 0.3) is 0 Å². The molecule has 0 spiro atoms. The molecule has 346 valence electrons. The number of aliphatic hydroxyl groups is 2. The Hall–Kier alpha value is -1.92. The van der Waals surface area contributed by atoms with Crippen LogP contribution in [-0.2, 0) is 14.3 Å². The highest BCUT2D eigenvalue weighted by atomic mass is 16.5. The summed E-state index contributed by atoms with van der Waals surface area (Å²) in [7, 11) is 0. The summed E-state index contributed by atoms with van der Waals surface area (Å²) < 4.78 is 5.45. The molecule has 1 amide bonds. The SMILES string of the molecule is CCCCCCCCCCC/C=C/C(O)C(CO)NC(=O)CCCCCCCC/C=C\C=C/CCCCCOC(=O)CCCCCCCCCCCCCCCCCC. The Morgan fingerprint density at radius 3 is 1.25 bits per heavy atom. The number of rotatable bonds is 47. The first-order valence-corrected chi connectivity index (χ1v) is 25.8. The molecule has 59 heavy (non-hydrogen) atoms. The first-order valence-electron chi connectivity index (χ1n) is 25.8. The Morgan fingerprint density at radius 2 is 0.831 bits per heavy atom. The van der Waals surface area contributed by atoms with Gasteiger partial charge < -0.3 is 20.3 Å². The first-order chi connectivity index (χ1) is 29.0. The van der Waals surface area contributed by atoms with Crippen molar-refractivity contribution in [1.82, 2.24) is 5.32 Å². The van der Waals surface area contributed by atoms with Crippen LogP contribution in [0.1, 0.15) is 264 Å². The number of hydrogen-bond donors (Lipinski definition) is 3. The number of nitrogens with one attached hydrogen (secondary N) is 1. The van der Waals surface area contributed by atoms with Gasteiger partial charge >= 0.3 is 5.97 Å². The highest BCUT2D eigenvalue weighted by molar-refractivity contribution is 5.76. The zero-order chi connectivity index (χ0) is 43.0. The van der Waals surface area contributed by atoms with Gasteiger partial charge in [0.2, 0.25) is 5.91 Å². The molecule has 0 bridgehead atoms. The van der Waals surface area contributed by atoms with Gasteiger partial charge in [0.1, 0.15) is 0 Å². The third kappa shape index (κ3) is 45.4. The van der Waals surface area contributed by atoms with E-state index in [1.165, 1.54) is 161 Å². The lowest BCUT2D eigenvalue weighted by Gasteiger charge is -2.20. The highest BCUT2D eigenvalue weighted by Crippen LogP contribution is 2.15. The maximum absolute atomic E-state index is 12.4. The molecule has 0 fully saturated rings. The van der Waals surface area contributed by atoms with Gasteiger partial charge in [-0.2, -0.15) is 0 Å². The standard InChI is InChI=1S/C53H99NO5/c1-3-5-7-9-11-13-15-16-17-20-23-27-31-35-39-43-47-53(58)59-48-44-40-36-32-28-24-21-18-19-22-26-30-34-38-42-46-52(57)54-50(49-55)51(56)45-41-37-33-29-25-14-12-10-8-6-4-2/h18,21,24,28,41,45,50-51,55-56H,3-17,19-20,22-23,25-27,29-40,42-44,46-49H2,1-2H3,(H,54,57)/b21-18-,28-24-,45-41+. The average molecular weight is 830 g/mol. The third-order valence-electron chi connectivity index (χ3n) is 11.7. The number of allylic oxidation sites excluding steroid dienone is 5. The van der Waals surface area contributed by atoms with Crippen molar-refractivity contribution in [2.75, 3.05) is 13.2 Å². The Balaban J connectivity index is 3.52. The maximum atomic E-state index is 12.4. The monoisotopic (exact) mass is 830 g/mol. The van der Waals surface area contributed by atoms with Gasteiger partial charge in [0.05, 0.1) is 25.4 Å². The molecule has 0 aromatic carbocycles. The van der Waals surface area contributed by atoms with Gasteiger partial charge in [-0.25, -0.2) is 0 Å². The summed E-state index contributed by atoms with van der Waals surface area (Å²) in [6.07, 6.45) is 58.6. The van der Waals surface area contributed by atoms with Gasteiger partial charge in [0.25, 0.3) is 0 Å². The fourth-order valence-electron chi connectivity index (χ4n) is 7.68. The predicted octanol–water partition coefficient (Wildman–Crippen LogP) is 15.3. The van der Waals surface area contributed by atoms with Crippen molar-refractivity contribution in [1.29, 1.82) is 0 Å². The largest absolute Gasteiger partial charge is 0.466 e. The molecule has 0 saturated heterocycles. The van der Waals surface area contributed by atoms with Crippen LogP contribution in [0, 0.1) is 0 Å². The smallest absolute Gasteiger partial charge is 0.305 e. The van der Waals surface area contributed by atoms with Crippen LogP contribution in [0.15, 0.2) is 36.5 Å². The quantitative estimate of drug-likeness (QED) is 0.0246. The second-order valence-corrected chi connectivity index (χ2v) is 17.5. The summed E-state index contributed by atoms with van der Waals surface area (Å²) in [5.41, 5.74) is 0. The molecular formula is C53H99NO5. The highest BCUT2D eigenvalue weighted by Gasteiger charge is 2.18.